The molecule has 8 nitrogen and oxygen atoms in total. The smallest absolute Gasteiger partial charge is 0.250 e. The number of rotatable bonds is 8. The molecular formula is C29H34ClN3O5. The van der Waals surface area contributed by atoms with Gasteiger partial charge in [-0.05, 0) is 50.3 Å². The van der Waals surface area contributed by atoms with Crippen LogP contribution in [-0.2, 0) is 25.7 Å². The minimum atomic E-state index is -1.18. The molecule has 3 amide bonds. The molecular weight excluding hydrogens is 506 g/mol. The lowest BCUT2D eigenvalue weighted by Crippen LogP contribution is -2.56. The molecule has 0 radical (unpaired) electrons. The quantitative estimate of drug-likeness (QED) is 0.476. The summed E-state index contributed by atoms with van der Waals surface area (Å²) in [6, 6.07) is 13.3. The second-order valence-corrected chi connectivity index (χ2v) is 11.2. The first-order valence-electron chi connectivity index (χ1n) is 13.2. The molecule has 3 aliphatic heterocycles. The number of hydrogen-bond donors (Lipinski definition) is 3. The van der Waals surface area contributed by atoms with Gasteiger partial charge < -0.3 is 25.4 Å². The van der Waals surface area contributed by atoms with Crippen molar-refractivity contribution in [2.45, 2.75) is 69.9 Å². The van der Waals surface area contributed by atoms with Gasteiger partial charge in [0.15, 0.2) is 0 Å². The number of halogens is 1. The van der Waals surface area contributed by atoms with E-state index in [0.717, 1.165) is 11.1 Å². The summed E-state index contributed by atoms with van der Waals surface area (Å²) in [7, 11) is 0. The Bertz CT molecular complexity index is 1230. The van der Waals surface area contributed by atoms with E-state index in [-0.39, 0.29) is 18.4 Å². The number of hydrogen-bond acceptors (Lipinski definition) is 5. The van der Waals surface area contributed by atoms with E-state index < -0.39 is 41.0 Å². The Morgan fingerprint density at radius 2 is 1.89 bits per heavy atom. The van der Waals surface area contributed by atoms with Crippen LogP contribution < -0.4 is 10.6 Å². The van der Waals surface area contributed by atoms with Gasteiger partial charge in [-0.3, -0.25) is 14.4 Å². The molecule has 3 fully saturated rings. The second-order valence-electron chi connectivity index (χ2n) is 10.8. The molecule has 0 aliphatic carbocycles. The van der Waals surface area contributed by atoms with Crippen LogP contribution in [0.4, 0.5) is 5.69 Å². The molecule has 2 unspecified atom stereocenters. The highest BCUT2D eigenvalue weighted by Crippen LogP contribution is 2.63. The van der Waals surface area contributed by atoms with E-state index in [1.54, 1.807) is 12.1 Å². The predicted molar refractivity (Wildman–Crippen MR) is 143 cm³/mol. The van der Waals surface area contributed by atoms with E-state index in [1.807, 2.05) is 57.2 Å². The molecule has 9 heteroatoms. The Balaban J connectivity index is 1.51. The number of para-hydroxylation sites is 1. The SMILES string of the molecule is CC[C@@H](CO)N1C(=O)[C@@H]2[C@H](C(=O)NCc3ccccc3)[C@]3(C)CCC2(O3)C1C(=O)Nc1c(C)cccc1Cl. The van der Waals surface area contributed by atoms with Gasteiger partial charge in [0.05, 0.1) is 40.8 Å². The maximum absolute atomic E-state index is 14.1. The summed E-state index contributed by atoms with van der Waals surface area (Å²) in [5, 5.41) is 16.5. The zero-order chi connectivity index (χ0) is 27.2. The average Bonchev–Trinajstić information content (AvgIpc) is 3.47. The van der Waals surface area contributed by atoms with E-state index in [1.165, 1.54) is 4.90 Å². The fourth-order valence-electron chi connectivity index (χ4n) is 6.75. The molecule has 2 aromatic rings. The largest absolute Gasteiger partial charge is 0.394 e. The Labute approximate surface area is 227 Å². The van der Waals surface area contributed by atoms with Crippen molar-refractivity contribution < 1.29 is 24.2 Å². The molecule has 1 spiro atoms. The standard InChI is InChI=1S/C29H34ClN3O5/c1-4-19(16-34)33-24(26(36)32-23-17(2)9-8-12-20(23)30)29-14-13-28(3,38-29)21(22(29)27(33)37)25(35)31-15-18-10-6-5-7-11-18/h5-12,19,21-22,24,34H,4,13-16H2,1-3H3,(H,31,35)(H,32,36)/t19-,21+,22-,24?,28-,29?/m0/s1. The van der Waals surface area contributed by atoms with Gasteiger partial charge in [-0.25, -0.2) is 0 Å². The van der Waals surface area contributed by atoms with Gasteiger partial charge in [0.1, 0.15) is 11.6 Å². The first kappa shape index (κ1) is 26.7. The first-order valence-corrected chi connectivity index (χ1v) is 13.6. The number of aliphatic hydroxyl groups is 1. The highest BCUT2D eigenvalue weighted by Gasteiger charge is 2.78. The van der Waals surface area contributed by atoms with Crippen LogP contribution in [0.5, 0.6) is 0 Å². The van der Waals surface area contributed by atoms with E-state index in [9.17, 15) is 19.5 Å². The van der Waals surface area contributed by atoms with Gasteiger partial charge in [-0.15, -0.1) is 0 Å². The number of aliphatic hydroxyl groups excluding tert-OH is 1. The van der Waals surface area contributed by atoms with Crippen molar-refractivity contribution in [1.29, 1.82) is 0 Å². The maximum atomic E-state index is 14.1. The van der Waals surface area contributed by atoms with Gasteiger partial charge in [0.2, 0.25) is 17.7 Å². The summed E-state index contributed by atoms with van der Waals surface area (Å²) in [6.45, 7) is 5.59. The molecule has 6 atom stereocenters. The highest BCUT2D eigenvalue weighted by atomic mass is 35.5. The molecule has 38 heavy (non-hydrogen) atoms. The highest BCUT2D eigenvalue weighted by molar-refractivity contribution is 6.34. The number of amides is 3. The van der Waals surface area contributed by atoms with Crippen LogP contribution in [0.25, 0.3) is 0 Å². The lowest BCUT2D eigenvalue weighted by molar-refractivity contribution is -0.148. The molecule has 3 aliphatic rings. The number of fused-ring (bicyclic) bond motifs is 1. The maximum Gasteiger partial charge on any atom is 0.250 e. The molecule has 3 heterocycles. The van der Waals surface area contributed by atoms with Crippen molar-refractivity contribution >= 4 is 35.0 Å². The number of likely N-dealkylation sites (tertiary alicyclic amines) is 1. The molecule has 0 aromatic heterocycles. The Hall–Kier alpha value is -2.94. The molecule has 202 valence electrons. The predicted octanol–water partition coefficient (Wildman–Crippen LogP) is 3.44. The average molecular weight is 540 g/mol. The number of anilines is 1. The van der Waals surface area contributed by atoms with Crippen molar-refractivity contribution in [1.82, 2.24) is 10.2 Å². The number of benzene rings is 2. The molecule has 2 bridgehead atoms. The molecule has 0 saturated carbocycles. The van der Waals surface area contributed by atoms with Gasteiger partial charge in [-0.2, -0.15) is 0 Å². The fraction of sp³-hybridized carbons (Fsp3) is 0.483. The Morgan fingerprint density at radius 1 is 1.16 bits per heavy atom. The fourth-order valence-corrected chi connectivity index (χ4v) is 7.02. The van der Waals surface area contributed by atoms with E-state index in [0.29, 0.717) is 36.5 Å². The van der Waals surface area contributed by atoms with Crippen LogP contribution >= 0.6 is 11.6 Å². The summed E-state index contributed by atoms with van der Waals surface area (Å²) in [5.41, 5.74) is 0.143. The summed E-state index contributed by atoms with van der Waals surface area (Å²) in [6.07, 6.45) is 1.45. The minimum Gasteiger partial charge on any atom is -0.394 e. The monoisotopic (exact) mass is 539 g/mol. The number of nitrogens with one attached hydrogen (secondary N) is 2. The van der Waals surface area contributed by atoms with E-state index in [2.05, 4.69) is 10.6 Å². The molecule has 3 saturated heterocycles. The first-order chi connectivity index (χ1) is 18.2. The van der Waals surface area contributed by atoms with Gasteiger partial charge >= 0.3 is 0 Å². The van der Waals surface area contributed by atoms with Crippen LogP contribution in [0.1, 0.15) is 44.2 Å². The van der Waals surface area contributed by atoms with Gasteiger partial charge in [0, 0.05) is 6.54 Å². The van der Waals surface area contributed by atoms with Crippen LogP contribution in [0.3, 0.4) is 0 Å². The number of aryl methyl sites for hydroxylation is 1. The van der Waals surface area contributed by atoms with Crippen molar-refractivity contribution in [3.63, 3.8) is 0 Å². The number of nitrogens with zero attached hydrogens (tertiary/aromatic N) is 1. The Morgan fingerprint density at radius 3 is 2.55 bits per heavy atom. The minimum absolute atomic E-state index is 0.267. The lowest BCUT2D eigenvalue weighted by atomic mass is 9.66. The second kappa shape index (κ2) is 9.98. The normalized spacial score (nSPS) is 30.3. The lowest BCUT2D eigenvalue weighted by Gasteiger charge is -2.36. The van der Waals surface area contributed by atoms with E-state index in [4.69, 9.17) is 16.3 Å². The third kappa shape index (κ3) is 4.10. The summed E-state index contributed by atoms with van der Waals surface area (Å²) < 4.78 is 6.63. The Kier molecular flexibility index (Phi) is 7.00. The van der Waals surface area contributed by atoms with Crippen molar-refractivity contribution in [3.8, 4) is 0 Å². The molecule has 3 N–H and O–H groups in total. The topological polar surface area (TPSA) is 108 Å². The van der Waals surface area contributed by atoms with Crippen LogP contribution in [0, 0.1) is 18.8 Å². The summed E-state index contributed by atoms with van der Waals surface area (Å²) in [5.74, 6) is -2.62. The third-order valence-corrected chi connectivity index (χ3v) is 8.92. The molecule has 5 rings (SSSR count). The van der Waals surface area contributed by atoms with Gasteiger partial charge in [0.25, 0.3) is 0 Å². The van der Waals surface area contributed by atoms with Crippen LogP contribution in [0.2, 0.25) is 5.02 Å². The number of carbonyl (C=O) groups excluding carboxylic acids is 3. The summed E-state index contributed by atoms with van der Waals surface area (Å²) in [4.78, 5) is 43.2. The van der Waals surface area contributed by atoms with E-state index >= 15 is 0 Å². The van der Waals surface area contributed by atoms with Crippen molar-refractivity contribution in [2.75, 3.05) is 11.9 Å². The summed E-state index contributed by atoms with van der Waals surface area (Å²) >= 11 is 6.40. The molecule has 2 aromatic carbocycles. The van der Waals surface area contributed by atoms with Crippen molar-refractivity contribution in [3.05, 3.63) is 64.7 Å². The number of carbonyl (C=O) groups is 3. The van der Waals surface area contributed by atoms with Gasteiger partial charge in [-0.1, -0.05) is 61.0 Å². The zero-order valence-electron chi connectivity index (χ0n) is 21.9. The zero-order valence-corrected chi connectivity index (χ0v) is 22.6. The van der Waals surface area contributed by atoms with Crippen molar-refractivity contribution in [2.24, 2.45) is 11.8 Å². The third-order valence-electron chi connectivity index (χ3n) is 8.60. The van der Waals surface area contributed by atoms with Crippen LogP contribution in [-0.4, -0.2) is 57.6 Å². The van der Waals surface area contributed by atoms with Crippen LogP contribution in [0.15, 0.2) is 48.5 Å². The number of ether oxygens (including phenoxy) is 1.